The Morgan fingerprint density at radius 3 is 2.61 bits per heavy atom. The van der Waals surface area contributed by atoms with Gasteiger partial charge in [-0.05, 0) is 29.8 Å². The molecule has 1 heterocycles. The Labute approximate surface area is 134 Å². The number of hydrogen-bond acceptors (Lipinski definition) is 3. The number of halogens is 3. The highest BCUT2D eigenvalue weighted by atomic mass is 32.1. The highest BCUT2D eigenvalue weighted by Gasteiger charge is 2.30. The number of hydrogen-bond donors (Lipinski definition) is 0. The molecule has 0 amide bonds. The van der Waals surface area contributed by atoms with Gasteiger partial charge in [0.25, 0.3) is 0 Å². The average molecular weight is 335 g/mol. The minimum absolute atomic E-state index is 0.354. The largest absolute Gasteiger partial charge is 0.416 e. The van der Waals surface area contributed by atoms with E-state index >= 15 is 0 Å². The van der Waals surface area contributed by atoms with Crippen molar-refractivity contribution in [3.63, 3.8) is 0 Å². The van der Waals surface area contributed by atoms with Gasteiger partial charge < -0.3 is 4.57 Å². The number of aromatic nitrogens is 1. The van der Waals surface area contributed by atoms with E-state index in [4.69, 9.17) is 0 Å². The van der Waals surface area contributed by atoms with Crippen molar-refractivity contribution >= 4 is 27.8 Å². The summed E-state index contributed by atoms with van der Waals surface area (Å²) in [4.78, 5) is 0.675. The van der Waals surface area contributed by atoms with E-state index in [2.05, 4.69) is 10.2 Å². The number of thiazole rings is 1. The van der Waals surface area contributed by atoms with E-state index in [-0.39, 0.29) is 0 Å². The second-order valence-corrected chi connectivity index (χ2v) is 5.89. The Balaban J connectivity index is 1.92. The molecule has 3 aromatic rings. The van der Waals surface area contributed by atoms with Gasteiger partial charge >= 0.3 is 6.18 Å². The lowest BCUT2D eigenvalue weighted by atomic mass is 10.1. The average Bonchev–Trinajstić information content (AvgIpc) is 2.84. The van der Waals surface area contributed by atoms with E-state index < -0.39 is 11.7 Å². The Morgan fingerprint density at radius 1 is 1.09 bits per heavy atom. The van der Waals surface area contributed by atoms with Gasteiger partial charge in [0.05, 0.1) is 22.0 Å². The number of benzene rings is 2. The molecule has 3 rings (SSSR count). The molecule has 0 saturated carbocycles. The summed E-state index contributed by atoms with van der Waals surface area (Å²) in [5.74, 6) is 0. The molecule has 0 aliphatic carbocycles. The summed E-state index contributed by atoms with van der Waals surface area (Å²) in [5.41, 5.74) is 0.687. The summed E-state index contributed by atoms with van der Waals surface area (Å²) in [5, 5.41) is 8.01. The van der Waals surface area contributed by atoms with Gasteiger partial charge in [0, 0.05) is 7.05 Å². The zero-order valence-corrected chi connectivity index (χ0v) is 12.9. The van der Waals surface area contributed by atoms with Crippen LogP contribution in [0.15, 0.2) is 58.7 Å². The van der Waals surface area contributed by atoms with Gasteiger partial charge in [-0.1, -0.05) is 35.6 Å². The maximum atomic E-state index is 12.7. The molecule has 1 aromatic heterocycles. The number of aryl methyl sites for hydroxylation is 1. The highest BCUT2D eigenvalue weighted by Crippen LogP contribution is 2.29. The summed E-state index contributed by atoms with van der Waals surface area (Å²) in [6.07, 6.45) is -3.04. The Morgan fingerprint density at radius 2 is 1.87 bits per heavy atom. The van der Waals surface area contributed by atoms with E-state index in [9.17, 15) is 13.2 Å². The van der Waals surface area contributed by atoms with Gasteiger partial charge in [0.1, 0.15) is 0 Å². The number of nitrogens with zero attached hydrogens (tertiary/aromatic N) is 3. The van der Waals surface area contributed by atoms with Crippen LogP contribution in [0.5, 0.6) is 0 Å². The first kappa shape index (κ1) is 15.5. The van der Waals surface area contributed by atoms with E-state index in [0.717, 1.165) is 22.3 Å². The third-order valence-corrected chi connectivity index (χ3v) is 4.38. The molecule has 0 atom stereocenters. The van der Waals surface area contributed by atoms with Gasteiger partial charge in [-0.2, -0.15) is 18.3 Å². The molecule has 23 heavy (non-hydrogen) atoms. The fourth-order valence-corrected chi connectivity index (χ4v) is 3.09. The molecule has 0 radical (unpaired) electrons. The molecule has 0 fully saturated rings. The minimum atomic E-state index is -4.36. The second kappa shape index (κ2) is 6.00. The molecule has 118 valence electrons. The van der Waals surface area contributed by atoms with Crippen molar-refractivity contribution in [2.24, 2.45) is 17.3 Å². The SMILES string of the molecule is Cn1/c(=N/N=C\c2cccc(C(F)(F)F)c2)sc2ccccc21. The summed E-state index contributed by atoms with van der Waals surface area (Å²) in [6.45, 7) is 0. The second-order valence-electron chi connectivity index (χ2n) is 4.88. The van der Waals surface area contributed by atoms with E-state index in [1.807, 2.05) is 35.9 Å². The van der Waals surface area contributed by atoms with Crippen LogP contribution >= 0.6 is 11.3 Å². The molecule has 0 spiro atoms. The number of fused-ring (bicyclic) bond motifs is 1. The quantitative estimate of drug-likeness (QED) is 0.496. The third kappa shape index (κ3) is 3.34. The number of rotatable bonds is 2. The van der Waals surface area contributed by atoms with Crippen LogP contribution in [-0.2, 0) is 13.2 Å². The number of alkyl halides is 3. The monoisotopic (exact) mass is 335 g/mol. The van der Waals surface area contributed by atoms with Gasteiger partial charge in [-0.25, -0.2) is 0 Å². The van der Waals surface area contributed by atoms with Crippen LogP contribution in [0, 0.1) is 0 Å². The van der Waals surface area contributed by atoms with Crippen LogP contribution in [0.1, 0.15) is 11.1 Å². The molecule has 0 aliphatic rings. The molecule has 0 bridgehead atoms. The Hall–Kier alpha value is -2.41. The van der Waals surface area contributed by atoms with Crippen LogP contribution < -0.4 is 4.80 Å². The van der Waals surface area contributed by atoms with Crippen LogP contribution in [0.3, 0.4) is 0 Å². The fraction of sp³-hybridized carbons (Fsp3) is 0.125. The van der Waals surface area contributed by atoms with Crippen molar-refractivity contribution < 1.29 is 13.2 Å². The normalized spacial score (nSPS) is 13.3. The molecule has 0 N–H and O–H groups in total. The molecule has 2 aromatic carbocycles. The molecule has 0 unspecified atom stereocenters. The van der Waals surface area contributed by atoms with Crippen molar-refractivity contribution in [3.8, 4) is 0 Å². The van der Waals surface area contributed by atoms with Crippen LogP contribution in [0.25, 0.3) is 10.2 Å². The fourth-order valence-electron chi connectivity index (χ4n) is 2.12. The number of para-hydroxylation sites is 1. The van der Waals surface area contributed by atoms with Gasteiger partial charge in [0.15, 0.2) is 0 Å². The molecule has 7 heteroatoms. The van der Waals surface area contributed by atoms with Crippen molar-refractivity contribution in [1.29, 1.82) is 0 Å². The summed E-state index contributed by atoms with van der Waals surface area (Å²) in [7, 11) is 1.87. The molecular weight excluding hydrogens is 323 g/mol. The lowest BCUT2D eigenvalue weighted by Crippen LogP contribution is -2.09. The predicted octanol–water partition coefficient (Wildman–Crippen LogP) is 4.19. The zero-order chi connectivity index (χ0) is 16.4. The first-order valence-electron chi connectivity index (χ1n) is 6.74. The van der Waals surface area contributed by atoms with E-state index in [0.29, 0.717) is 10.4 Å². The van der Waals surface area contributed by atoms with Crippen molar-refractivity contribution in [2.75, 3.05) is 0 Å². The highest BCUT2D eigenvalue weighted by molar-refractivity contribution is 7.16. The lowest BCUT2D eigenvalue weighted by molar-refractivity contribution is -0.137. The van der Waals surface area contributed by atoms with Crippen molar-refractivity contribution in [3.05, 3.63) is 64.5 Å². The van der Waals surface area contributed by atoms with E-state index in [1.54, 1.807) is 6.07 Å². The minimum Gasteiger partial charge on any atom is -0.318 e. The molecule has 0 saturated heterocycles. The smallest absolute Gasteiger partial charge is 0.318 e. The summed E-state index contributed by atoms with van der Waals surface area (Å²) < 4.78 is 40.9. The van der Waals surface area contributed by atoms with Crippen LogP contribution in [-0.4, -0.2) is 10.8 Å². The summed E-state index contributed by atoms with van der Waals surface area (Å²) >= 11 is 1.47. The first-order valence-corrected chi connectivity index (χ1v) is 7.56. The van der Waals surface area contributed by atoms with E-state index in [1.165, 1.54) is 23.6 Å². The van der Waals surface area contributed by atoms with Gasteiger partial charge in [0.2, 0.25) is 4.80 Å². The topological polar surface area (TPSA) is 29.6 Å². The van der Waals surface area contributed by atoms with Crippen molar-refractivity contribution in [1.82, 2.24) is 4.57 Å². The van der Waals surface area contributed by atoms with Crippen molar-refractivity contribution in [2.45, 2.75) is 6.18 Å². The van der Waals surface area contributed by atoms with Crippen LogP contribution in [0.2, 0.25) is 0 Å². The lowest BCUT2D eigenvalue weighted by Gasteiger charge is -2.06. The third-order valence-electron chi connectivity index (χ3n) is 3.28. The Kier molecular flexibility index (Phi) is 4.04. The first-order chi connectivity index (χ1) is 10.9. The Bertz CT molecular complexity index is 935. The standard InChI is InChI=1S/C16H12F3N3S/c1-22-13-7-2-3-8-14(13)23-15(22)21-20-10-11-5-4-6-12(9-11)16(17,18)19/h2-10H,1H3/b20-10-,21-15-. The molecule has 3 nitrogen and oxygen atoms in total. The molecule has 0 aliphatic heterocycles. The van der Waals surface area contributed by atoms with Gasteiger partial charge in [-0.3, -0.25) is 0 Å². The summed E-state index contributed by atoms with van der Waals surface area (Å²) in [6, 6.07) is 12.8. The maximum Gasteiger partial charge on any atom is 0.416 e. The van der Waals surface area contributed by atoms with Crippen LogP contribution in [0.4, 0.5) is 13.2 Å². The predicted molar refractivity (Wildman–Crippen MR) is 85.4 cm³/mol. The van der Waals surface area contributed by atoms with Gasteiger partial charge in [-0.15, -0.1) is 5.10 Å². The zero-order valence-electron chi connectivity index (χ0n) is 12.1. The molecular formula is C16H12F3N3S. The maximum absolute atomic E-state index is 12.7.